The predicted octanol–water partition coefficient (Wildman–Crippen LogP) is 3.34. The zero-order valence-electron chi connectivity index (χ0n) is 16.2. The molecule has 0 spiro atoms. The van der Waals surface area contributed by atoms with Crippen molar-refractivity contribution < 1.29 is 9.53 Å². The first-order valence-corrected chi connectivity index (χ1v) is 9.22. The van der Waals surface area contributed by atoms with Crippen LogP contribution in [-0.2, 0) is 6.54 Å². The van der Waals surface area contributed by atoms with Gasteiger partial charge >= 0.3 is 6.03 Å². The van der Waals surface area contributed by atoms with Gasteiger partial charge in [-0.25, -0.2) is 9.48 Å². The number of carbonyl (C=O) groups is 1. The molecule has 2 amide bonds. The largest absolute Gasteiger partial charge is 0.497 e. The number of methoxy groups -OCH3 is 1. The summed E-state index contributed by atoms with van der Waals surface area (Å²) in [6.07, 6.45) is 1.82. The maximum atomic E-state index is 12.9. The molecule has 144 valence electrons. The van der Waals surface area contributed by atoms with Gasteiger partial charge in [0.15, 0.2) is 5.82 Å². The van der Waals surface area contributed by atoms with Crippen LogP contribution < -0.4 is 9.64 Å². The van der Waals surface area contributed by atoms with Crippen LogP contribution in [0.25, 0.3) is 0 Å². The molecule has 1 saturated heterocycles. The maximum Gasteiger partial charge on any atom is 0.326 e. The number of benzene rings is 2. The first kappa shape index (κ1) is 18.0. The standard InChI is InChI=1S/C21H23N5O2/c1-15-20(17-9-5-4-6-10-17)26(21(27)24(15)2)19-14-25(23-22-19)13-16-8-7-11-18(12-16)28-3/h4-12,14-15,20H,13H2,1-3H3/t15-,20-/m0/s1. The predicted molar refractivity (Wildman–Crippen MR) is 106 cm³/mol. The summed E-state index contributed by atoms with van der Waals surface area (Å²) in [5.41, 5.74) is 2.13. The van der Waals surface area contributed by atoms with Crippen LogP contribution in [0, 0.1) is 0 Å². The van der Waals surface area contributed by atoms with Gasteiger partial charge in [0, 0.05) is 7.05 Å². The van der Waals surface area contributed by atoms with Crippen LogP contribution in [0.2, 0.25) is 0 Å². The third-order valence-corrected chi connectivity index (χ3v) is 5.25. The van der Waals surface area contributed by atoms with E-state index in [2.05, 4.69) is 17.2 Å². The fourth-order valence-corrected chi connectivity index (χ4v) is 3.64. The van der Waals surface area contributed by atoms with Gasteiger partial charge in [-0.15, -0.1) is 5.10 Å². The molecule has 0 bridgehead atoms. The summed E-state index contributed by atoms with van der Waals surface area (Å²) < 4.78 is 7.01. The Morgan fingerprint density at radius 3 is 2.64 bits per heavy atom. The summed E-state index contributed by atoms with van der Waals surface area (Å²) >= 11 is 0. The van der Waals surface area contributed by atoms with Gasteiger partial charge in [0.25, 0.3) is 0 Å². The molecule has 0 N–H and O–H groups in total. The Morgan fingerprint density at radius 2 is 1.89 bits per heavy atom. The van der Waals surface area contributed by atoms with Crippen molar-refractivity contribution in [3.05, 3.63) is 71.9 Å². The highest BCUT2D eigenvalue weighted by atomic mass is 16.5. The third-order valence-electron chi connectivity index (χ3n) is 5.25. The molecule has 3 aromatic rings. The molecule has 28 heavy (non-hydrogen) atoms. The van der Waals surface area contributed by atoms with E-state index in [1.165, 1.54) is 0 Å². The van der Waals surface area contributed by atoms with Crippen molar-refractivity contribution >= 4 is 11.8 Å². The maximum absolute atomic E-state index is 12.9. The fraction of sp³-hybridized carbons (Fsp3) is 0.286. The van der Waals surface area contributed by atoms with Gasteiger partial charge in [-0.3, -0.25) is 4.90 Å². The average Bonchev–Trinajstić information content (AvgIpc) is 3.26. The number of rotatable bonds is 5. The van der Waals surface area contributed by atoms with Gasteiger partial charge in [-0.1, -0.05) is 47.7 Å². The Bertz CT molecular complexity index is 972. The highest BCUT2D eigenvalue weighted by Gasteiger charge is 2.44. The van der Waals surface area contributed by atoms with Crippen molar-refractivity contribution in [2.45, 2.75) is 25.6 Å². The molecule has 2 atom stereocenters. The van der Waals surface area contributed by atoms with E-state index in [4.69, 9.17) is 4.74 Å². The minimum atomic E-state index is -0.110. The van der Waals surface area contributed by atoms with Crippen molar-refractivity contribution in [2.24, 2.45) is 0 Å². The van der Waals surface area contributed by atoms with Crippen molar-refractivity contribution in [3.8, 4) is 5.75 Å². The van der Waals surface area contributed by atoms with Gasteiger partial charge in [0.05, 0.1) is 31.9 Å². The summed E-state index contributed by atoms with van der Waals surface area (Å²) in [4.78, 5) is 16.4. The Kier molecular flexibility index (Phi) is 4.73. The van der Waals surface area contributed by atoms with Crippen LogP contribution in [0.4, 0.5) is 10.6 Å². The highest BCUT2D eigenvalue weighted by Crippen LogP contribution is 2.37. The number of hydrogen-bond donors (Lipinski definition) is 0. The topological polar surface area (TPSA) is 63.5 Å². The van der Waals surface area contributed by atoms with E-state index < -0.39 is 0 Å². The Hall–Kier alpha value is -3.35. The molecule has 1 aromatic heterocycles. The van der Waals surface area contributed by atoms with Gasteiger partial charge in [0.1, 0.15) is 5.75 Å². The Balaban J connectivity index is 1.63. The van der Waals surface area contributed by atoms with E-state index in [0.29, 0.717) is 12.4 Å². The lowest BCUT2D eigenvalue weighted by atomic mass is 10.0. The molecular formula is C21H23N5O2. The fourth-order valence-electron chi connectivity index (χ4n) is 3.64. The molecule has 7 nitrogen and oxygen atoms in total. The molecule has 4 rings (SSSR count). The first-order valence-electron chi connectivity index (χ1n) is 9.22. The monoisotopic (exact) mass is 377 g/mol. The molecule has 0 aliphatic carbocycles. The van der Waals surface area contributed by atoms with Crippen molar-refractivity contribution in [1.29, 1.82) is 0 Å². The van der Waals surface area contributed by atoms with E-state index in [1.807, 2.05) is 67.8 Å². The van der Waals surface area contributed by atoms with Crippen molar-refractivity contribution in [2.75, 3.05) is 19.1 Å². The summed E-state index contributed by atoms with van der Waals surface area (Å²) in [6.45, 7) is 2.60. The van der Waals surface area contributed by atoms with Gasteiger partial charge in [-0.2, -0.15) is 0 Å². The quantitative estimate of drug-likeness (QED) is 0.684. The zero-order valence-corrected chi connectivity index (χ0v) is 16.2. The van der Waals surface area contributed by atoms with Gasteiger partial charge in [0.2, 0.25) is 0 Å². The second kappa shape index (κ2) is 7.34. The van der Waals surface area contributed by atoms with E-state index in [0.717, 1.165) is 16.9 Å². The number of likely N-dealkylation sites (N-methyl/N-ethyl adjacent to an activating group) is 1. The second-order valence-electron chi connectivity index (χ2n) is 6.99. The minimum Gasteiger partial charge on any atom is -0.497 e. The normalized spacial score (nSPS) is 19.3. The number of nitrogens with zero attached hydrogens (tertiary/aromatic N) is 5. The van der Waals surface area contributed by atoms with Crippen LogP contribution in [-0.4, -0.2) is 46.1 Å². The number of anilines is 1. The Labute approximate surface area is 164 Å². The number of hydrogen-bond acceptors (Lipinski definition) is 4. The molecule has 2 heterocycles. The number of aromatic nitrogens is 3. The lowest BCUT2D eigenvalue weighted by molar-refractivity contribution is 0.220. The van der Waals surface area contributed by atoms with E-state index in [-0.39, 0.29) is 18.1 Å². The average molecular weight is 377 g/mol. The van der Waals surface area contributed by atoms with Crippen LogP contribution in [0.3, 0.4) is 0 Å². The van der Waals surface area contributed by atoms with Crippen LogP contribution >= 0.6 is 0 Å². The first-order chi connectivity index (χ1) is 13.6. The number of urea groups is 1. The summed E-state index contributed by atoms with van der Waals surface area (Å²) in [6, 6.07) is 17.7. The minimum absolute atomic E-state index is 0.0263. The smallest absolute Gasteiger partial charge is 0.326 e. The summed E-state index contributed by atoms with van der Waals surface area (Å²) in [5.74, 6) is 1.35. The number of carbonyl (C=O) groups excluding carboxylic acids is 1. The lowest BCUT2D eigenvalue weighted by Gasteiger charge is -2.23. The molecule has 1 aliphatic heterocycles. The molecule has 1 fully saturated rings. The Morgan fingerprint density at radius 1 is 1.11 bits per heavy atom. The van der Waals surface area contributed by atoms with Gasteiger partial charge in [-0.05, 0) is 30.2 Å². The zero-order chi connectivity index (χ0) is 19.7. The molecule has 7 heteroatoms. The molecule has 1 aliphatic rings. The summed E-state index contributed by atoms with van der Waals surface area (Å²) in [7, 11) is 3.47. The SMILES string of the molecule is COc1cccc(Cn2cc(N3C(=O)N(C)[C@@H](C)[C@H]3c3ccccc3)nn2)c1. The van der Waals surface area contributed by atoms with Crippen LogP contribution in [0.15, 0.2) is 60.8 Å². The molecule has 0 unspecified atom stereocenters. The third kappa shape index (κ3) is 3.19. The molecule has 2 aromatic carbocycles. The summed E-state index contributed by atoms with van der Waals surface area (Å²) in [5, 5.41) is 8.53. The van der Waals surface area contributed by atoms with Crippen LogP contribution in [0.5, 0.6) is 5.75 Å². The van der Waals surface area contributed by atoms with Gasteiger partial charge < -0.3 is 9.64 Å². The highest BCUT2D eigenvalue weighted by molar-refractivity contribution is 5.94. The van der Waals surface area contributed by atoms with E-state index in [9.17, 15) is 4.79 Å². The van der Waals surface area contributed by atoms with Crippen LogP contribution in [0.1, 0.15) is 24.1 Å². The van der Waals surface area contributed by atoms with Crippen molar-refractivity contribution in [1.82, 2.24) is 19.9 Å². The van der Waals surface area contributed by atoms with Crippen molar-refractivity contribution in [3.63, 3.8) is 0 Å². The number of ether oxygens (including phenoxy) is 1. The molecular weight excluding hydrogens is 354 g/mol. The lowest BCUT2D eigenvalue weighted by Crippen LogP contribution is -2.31. The van der Waals surface area contributed by atoms with E-state index >= 15 is 0 Å². The number of amides is 2. The molecule has 0 radical (unpaired) electrons. The molecule has 0 saturated carbocycles. The second-order valence-corrected chi connectivity index (χ2v) is 6.99. The van der Waals surface area contributed by atoms with E-state index in [1.54, 1.807) is 21.6 Å².